The van der Waals surface area contributed by atoms with E-state index >= 15 is 8.78 Å². The number of nitrogens with zero attached hydrogens (tertiary/aromatic N) is 3. The number of carbonyl (C=O) groups is 1. The Hall–Kier alpha value is -3.82. The fourth-order valence-corrected chi connectivity index (χ4v) is 12.5. The zero-order valence-corrected chi connectivity index (χ0v) is 36.3. The molecule has 1 amide bonds. The van der Waals surface area contributed by atoms with E-state index in [1.165, 1.54) is 33.6 Å². The van der Waals surface area contributed by atoms with Gasteiger partial charge in [-0.3, -0.25) is 0 Å². The van der Waals surface area contributed by atoms with Crippen LogP contribution in [0.3, 0.4) is 0 Å². The third-order valence-electron chi connectivity index (χ3n) is 10.8. The van der Waals surface area contributed by atoms with Gasteiger partial charge in [-0.2, -0.15) is 0 Å². The van der Waals surface area contributed by atoms with Gasteiger partial charge < -0.3 is 0 Å². The molecule has 2 heterocycles. The Bertz CT molecular complexity index is 2060. The number of rotatable bonds is 10. The van der Waals surface area contributed by atoms with Crippen LogP contribution in [-0.4, -0.2) is 41.0 Å². The van der Waals surface area contributed by atoms with Gasteiger partial charge >= 0.3 is 344 Å². The second-order valence-electron chi connectivity index (χ2n) is 16.0. The first-order valence-electron chi connectivity index (χ1n) is 19.6. The van der Waals surface area contributed by atoms with Crippen molar-refractivity contribution in [2.24, 2.45) is 0 Å². The van der Waals surface area contributed by atoms with Crippen LogP contribution in [0.5, 0.6) is 5.75 Å². The molecule has 57 heavy (non-hydrogen) atoms. The van der Waals surface area contributed by atoms with Gasteiger partial charge in [0.25, 0.3) is 0 Å². The summed E-state index contributed by atoms with van der Waals surface area (Å²) in [6.45, 7) is 20.8. The molecule has 12 heteroatoms. The van der Waals surface area contributed by atoms with Gasteiger partial charge in [-0.25, -0.2) is 0 Å². The number of carbonyl (C=O) groups excluding carboxylic acids is 1. The van der Waals surface area contributed by atoms with E-state index in [0.717, 1.165) is 18.0 Å². The van der Waals surface area contributed by atoms with E-state index in [9.17, 15) is 18.0 Å². The molecule has 1 saturated heterocycles. The molecule has 0 saturated carbocycles. The minimum absolute atomic E-state index is 0.153. The monoisotopic (exact) mass is 897 g/mol. The number of fused-ring (bicyclic) bond motifs is 1. The molecule has 0 bridgehead atoms. The standard InChI is InChI=1S/C27H39N2.C18H12F5NO2.ClH.Ru/c1-18(2)22-11-9-12-23(19(3)4)26(22)28-15-16-29(17-28)27-24(20(5)6)13-10-14-25(27)21(7)8;1-3-9-7-24(10-6-4-5-8(2)17(10)26-9)18(25)11-12(19)14(21)16(23)15(22)13(11)20;;/h9-14,17-21H,15-16H2,1-8H3;2,4-6,9H,3,7H2,1H3;1H;/q;;;+1/p-1. The number of ether oxygens (including phenoxy) is 1. The van der Waals surface area contributed by atoms with Crippen LogP contribution >= 0.6 is 9.69 Å². The van der Waals surface area contributed by atoms with Crippen LogP contribution in [0.15, 0.2) is 54.6 Å². The summed E-state index contributed by atoms with van der Waals surface area (Å²) in [5.41, 5.74) is 6.55. The van der Waals surface area contributed by atoms with Crippen molar-refractivity contribution in [3.05, 3.63) is 117 Å². The van der Waals surface area contributed by atoms with Crippen LogP contribution in [0.2, 0.25) is 0 Å². The molecule has 0 radical (unpaired) electrons. The van der Waals surface area contributed by atoms with Gasteiger partial charge in [0.05, 0.1) is 0 Å². The summed E-state index contributed by atoms with van der Waals surface area (Å²) >= 11 is -2.67. The Labute approximate surface area is 342 Å². The fraction of sp³-hybridized carbons (Fsp3) is 0.422. The SMILES string of the molecule is CCC1CN(C(=O)c2c(F)c(F)c(F)c(F)c2F)c2cccc([CH]=[Ru]([Cl])[CH]3N(c4c(C(C)C)cccc4C(C)C)CCN3c3c(C(C)C)cccc3C(C)C)c2O1. The molecule has 308 valence electrons. The molecule has 4 aromatic carbocycles. The van der Waals surface area contributed by atoms with Gasteiger partial charge in [-0.15, -0.1) is 0 Å². The molecule has 0 aliphatic carbocycles. The van der Waals surface area contributed by atoms with E-state index < -0.39 is 61.2 Å². The van der Waals surface area contributed by atoms with Crippen LogP contribution in [-0.2, 0) is 14.5 Å². The molecule has 0 N–H and O–H groups in total. The fourth-order valence-electron chi connectivity index (χ4n) is 7.88. The number of para-hydroxylation sites is 3. The Kier molecular flexibility index (Phi) is 12.9. The number of hydrogen-bond donors (Lipinski definition) is 0. The number of benzene rings is 4. The van der Waals surface area contributed by atoms with Crippen molar-refractivity contribution in [3.63, 3.8) is 0 Å². The van der Waals surface area contributed by atoms with Gasteiger partial charge in [0.1, 0.15) is 0 Å². The Morgan fingerprint density at radius 2 is 1.14 bits per heavy atom. The summed E-state index contributed by atoms with van der Waals surface area (Å²) in [4.78, 5) is 19.9. The van der Waals surface area contributed by atoms with Gasteiger partial charge in [0, 0.05) is 0 Å². The molecule has 2 aliphatic heterocycles. The summed E-state index contributed by atoms with van der Waals surface area (Å²) in [7, 11) is 7.89. The quantitative estimate of drug-likeness (QED) is 0.0688. The molecule has 1 fully saturated rings. The van der Waals surface area contributed by atoms with Gasteiger partial charge in [-0.05, 0) is 0 Å². The van der Waals surface area contributed by atoms with Crippen LogP contribution in [0.25, 0.3) is 0 Å². The maximum absolute atomic E-state index is 15.0. The average Bonchev–Trinajstić information content (AvgIpc) is 3.63. The first kappa shape index (κ1) is 42.8. The van der Waals surface area contributed by atoms with Crippen molar-refractivity contribution in [1.29, 1.82) is 0 Å². The van der Waals surface area contributed by atoms with E-state index in [1.807, 2.05) is 17.6 Å². The van der Waals surface area contributed by atoms with Crippen molar-refractivity contribution in [3.8, 4) is 5.75 Å². The number of halogens is 6. The van der Waals surface area contributed by atoms with E-state index in [2.05, 4.69) is 102 Å². The third-order valence-corrected chi connectivity index (χ3v) is 15.1. The summed E-state index contributed by atoms with van der Waals surface area (Å²) in [5.74, 6) is -11.2. The van der Waals surface area contributed by atoms with Crippen LogP contribution in [0.1, 0.15) is 131 Å². The second-order valence-corrected chi connectivity index (χ2v) is 20.5. The summed E-state index contributed by atoms with van der Waals surface area (Å²) < 4.78 is 80.9. The van der Waals surface area contributed by atoms with Crippen LogP contribution in [0.4, 0.5) is 39.0 Å². The van der Waals surface area contributed by atoms with Crippen molar-refractivity contribution < 1.29 is 46.0 Å². The Morgan fingerprint density at radius 1 is 0.719 bits per heavy atom. The maximum atomic E-state index is 15.0. The average molecular weight is 897 g/mol. The van der Waals surface area contributed by atoms with Crippen molar-refractivity contribution in [1.82, 2.24) is 0 Å². The van der Waals surface area contributed by atoms with Gasteiger partial charge in [0.15, 0.2) is 0 Å². The molecule has 6 rings (SSSR count). The van der Waals surface area contributed by atoms with Crippen molar-refractivity contribution in [2.45, 2.75) is 103 Å². The van der Waals surface area contributed by atoms with Gasteiger partial charge in [0.2, 0.25) is 0 Å². The van der Waals surface area contributed by atoms with E-state index in [0.29, 0.717) is 12.0 Å². The molecule has 4 aromatic rings. The normalized spacial score (nSPS) is 17.1. The second kappa shape index (κ2) is 17.2. The zero-order chi connectivity index (χ0) is 41.6. The summed E-state index contributed by atoms with van der Waals surface area (Å²) in [5, 5.41) is 0. The first-order chi connectivity index (χ1) is 27.0. The summed E-state index contributed by atoms with van der Waals surface area (Å²) in [6, 6.07) is 18.1. The summed E-state index contributed by atoms with van der Waals surface area (Å²) in [6.07, 6.45) is -0.236. The van der Waals surface area contributed by atoms with E-state index in [4.69, 9.17) is 14.4 Å². The zero-order valence-electron chi connectivity index (χ0n) is 33.8. The van der Waals surface area contributed by atoms with Gasteiger partial charge in [-0.1, -0.05) is 0 Å². The van der Waals surface area contributed by atoms with E-state index in [-0.39, 0.29) is 46.4 Å². The van der Waals surface area contributed by atoms with Crippen LogP contribution in [0, 0.1) is 29.1 Å². The minimum atomic E-state index is -2.67. The Balaban J connectivity index is 1.56. The number of anilines is 3. The molecule has 1 atom stereocenters. The molecule has 0 aromatic heterocycles. The molecular formula is C45H51ClF5N3O2Ru. The molecule has 1 unspecified atom stereocenters. The predicted octanol–water partition coefficient (Wildman–Crippen LogP) is 11.9. The number of amides is 1. The van der Waals surface area contributed by atoms with Crippen molar-refractivity contribution >= 4 is 37.3 Å². The van der Waals surface area contributed by atoms with Crippen LogP contribution < -0.4 is 19.4 Å². The molecule has 2 aliphatic rings. The molecule has 0 spiro atoms. The van der Waals surface area contributed by atoms with E-state index in [1.54, 1.807) is 12.1 Å². The predicted molar refractivity (Wildman–Crippen MR) is 218 cm³/mol. The molecule has 5 nitrogen and oxygen atoms in total. The Morgan fingerprint density at radius 3 is 1.56 bits per heavy atom. The third kappa shape index (κ3) is 7.87. The topological polar surface area (TPSA) is 36.0 Å². The van der Waals surface area contributed by atoms with Crippen molar-refractivity contribution in [2.75, 3.05) is 34.3 Å². The first-order valence-corrected chi connectivity index (χ1v) is 23.8. The molecular weight excluding hydrogens is 846 g/mol. The number of hydrogen-bond acceptors (Lipinski definition) is 4.